The fourth-order valence-corrected chi connectivity index (χ4v) is 8.49. The summed E-state index contributed by atoms with van der Waals surface area (Å²) in [6, 6.07) is 12.3. The molecule has 4 aliphatic carbocycles. The Morgan fingerprint density at radius 2 is 1.15 bits per heavy atom. The van der Waals surface area contributed by atoms with E-state index in [0.29, 0.717) is 5.92 Å². The van der Waals surface area contributed by atoms with Crippen molar-refractivity contribution in [3.05, 3.63) is 88.5 Å². The molecular formula is C44H56Cl2Zr-2. The number of allylic oxidation sites excluding steroid dienone is 8. The molecule has 0 heterocycles. The third kappa shape index (κ3) is 8.50. The molecule has 0 saturated heterocycles. The standard InChI is InChI=1S/C31H37.C7H9.C6H10.2ClH.Zr/c1-28(2,3)26-16-30(7,8)24-12-18-11-19-13-25-23(15-21(19)20(18)14-22(24)26)27(29(4,5)6)17-31(25,9)10;1-6-3-4-7(2)5-6;1-2-4-6-5-3-1;;;/h11-17H,1-10H3;3,5,7H,1-2H3;1-5H2;2*1H;/q2*-1;;;;+2/p-2. The molecule has 252 valence electrons. The van der Waals surface area contributed by atoms with Gasteiger partial charge in [0, 0.05) is 10.8 Å². The van der Waals surface area contributed by atoms with E-state index in [4.69, 9.17) is 0 Å². The predicted molar refractivity (Wildman–Crippen MR) is 197 cm³/mol. The van der Waals surface area contributed by atoms with E-state index in [-0.39, 0.29) is 46.5 Å². The second kappa shape index (κ2) is 14.5. The molecule has 1 atom stereocenters. The molecule has 0 bridgehead atoms. The van der Waals surface area contributed by atoms with Crippen LogP contribution in [0.2, 0.25) is 0 Å². The van der Waals surface area contributed by atoms with Crippen LogP contribution in [0.15, 0.2) is 60.2 Å². The van der Waals surface area contributed by atoms with Gasteiger partial charge >= 0.3 is 59.5 Å². The van der Waals surface area contributed by atoms with E-state index in [9.17, 15) is 0 Å². The van der Waals surface area contributed by atoms with Gasteiger partial charge in [-0.25, -0.2) is 11.6 Å². The topological polar surface area (TPSA) is 0 Å². The zero-order valence-electron chi connectivity index (χ0n) is 31.1. The zero-order chi connectivity index (χ0) is 33.1. The van der Waals surface area contributed by atoms with Gasteiger partial charge in [0.15, 0.2) is 0 Å². The van der Waals surface area contributed by atoms with E-state index < -0.39 is 0 Å². The number of rotatable bonds is 0. The first-order valence-corrected chi connectivity index (χ1v) is 18.5. The fourth-order valence-electron chi connectivity index (χ4n) is 7.62. The molecule has 0 aromatic heterocycles. The average Bonchev–Trinajstić information content (AvgIpc) is 3.63. The van der Waals surface area contributed by atoms with E-state index in [1.54, 1.807) is 27.4 Å². The van der Waals surface area contributed by atoms with Gasteiger partial charge < -0.3 is 24.8 Å². The van der Waals surface area contributed by atoms with Crippen molar-refractivity contribution < 1.29 is 49.0 Å². The number of hydrogen-bond acceptors (Lipinski definition) is 0. The second-order valence-corrected chi connectivity index (χ2v) is 19.1. The Labute approximate surface area is 314 Å². The molecule has 3 heteroatoms. The van der Waals surface area contributed by atoms with Crippen LogP contribution in [0, 0.1) is 22.8 Å². The van der Waals surface area contributed by atoms with E-state index in [1.165, 1.54) is 92.6 Å². The van der Waals surface area contributed by atoms with Crippen molar-refractivity contribution in [1.29, 1.82) is 0 Å². The molecule has 0 spiro atoms. The van der Waals surface area contributed by atoms with Crippen LogP contribution in [0.4, 0.5) is 0 Å². The van der Waals surface area contributed by atoms with Crippen molar-refractivity contribution >= 4 is 35.9 Å². The number of hydrogen-bond donors (Lipinski definition) is 0. The summed E-state index contributed by atoms with van der Waals surface area (Å²) in [6.07, 6.45) is 19.7. The molecule has 0 aliphatic heterocycles. The van der Waals surface area contributed by atoms with Crippen LogP contribution >= 0.6 is 0 Å². The van der Waals surface area contributed by atoms with Gasteiger partial charge in [0.05, 0.1) is 0 Å². The molecule has 0 nitrogen and oxygen atoms in total. The molecular weight excluding hydrogens is 691 g/mol. The Bertz CT molecular complexity index is 1660. The molecule has 3 aromatic rings. The van der Waals surface area contributed by atoms with Crippen LogP contribution in [0.3, 0.4) is 0 Å². The summed E-state index contributed by atoms with van der Waals surface area (Å²) in [5.41, 5.74) is 10.6. The van der Waals surface area contributed by atoms with Gasteiger partial charge in [0.1, 0.15) is 0 Å². The average molecular weight is 747 g/mol. The van der Waals surface area contributed by atoms with Crippen molar-refractivity contribution in [2.75, 3.05) is 0 Å². The molecule has 1 unspecified atom stereocenters. The van der Waals surface area contributed by atoms with Crippen molar-refractivity contribution in [1.82, 2.24) is 0 Å². The maximum absolute atomic E-state index is 3.15. The van der Waals surface area contributed by atoms with Crippen molar-refractivity contribution in [3.63, 3.8) is 0 Å². The SMILES string of the molecule is CC(C)(C)C1=CC(C)(C)c2cc3[cH-]c4cc5c(cc4c3cc21)C(C(C)(C)C)=CC5(C)C.CC1=CC(C)[C-]=C1.[Cl-].[Cl-].[Zr+2]=[C]1CCCCC1. The van der Waals surface area contributed by atoms with Crippen molar-refractivity contribution in [2.45, 2.75) is 126 Å². The third-order valence-corrected chi connectivity index (χ3v) is 11.3. The minimum absolute atomic E-state index is 0. The second-order valence-electron chi connectivity index (χ2n) is 17.3. The Morgan fingerprint density at radius 1 is 0.723 bits per heavy atom. The number of fused-ring (bicyclic) bond motifs is 5. The summed E-state index contributed by atoms with van der Waals surface area (Å²) < 4.78 is 1.80. The molecule has 4 aliphatic rings. The van der Waals surface area contributed by atoms with Gasteiger partial charge in [0.2, 0.25) is 0 Å². The maximum atomic E-state index is 3.15. The molecule has 0 radical (unpaired) electrons. The quantitative estimate of drug-likeness (QED) is 0.223. The molecule has 7 rings (SSSR count). The Morgan fingerprint density at radius 3 is 1.43 bits per heavy atom. The van der Waals surface area contributed by atoms with Crippen molar-refractivity contribution in [3.8, 4) is 0 Å². The van der Waals surface area contributed by atoms with E-state index in [0.717, 1.165) is 0 Å². The van der Waals surface area contributed by atoms with Crippen LogP contribution in [0.25, 0.3) is 32.7 Å². The van der Waals surface area contributed by atoms with Crippen LogP contribution in [0.5, 0.6) is 0 Å². The van der Waals surface area contributed by atoms with E-state index >= 15 is 0 Å². The summed E-state index contributed by atoms with van der Waals surface area (Å²) in [5.74, 6) is 0.556. The molecule has 0 N–H and O–H groups in total. The summed E-state index contributed by atoms with van der Waals surface area (Å²) in [4.78, 5) is 0. The monoisotopic (exact) mass is 744 g/mol. The molecule has 47 heavy (non-hydrogen) atoms. The zero-order valence-corrected chi connectivity index (χ0v) is 35.0. The van der Waals surface area contributed by atoms with E-state index in [1.807, 2.05) is 6.08 Å². The number of benzene rings is 2. The van der Waals surface area contributed by atoms with Crippen molar-refractivity contribution in [2.24, 2.45) is 16.7 Å². The van der Waals surface area contributed by atoms with Gasteiger partial charge in [-0.15, -0.1) is 46.7 Å². The first-order valence-electron chi connectivity index (χ1n) is 17.3. The van der Waals surface area contributed by atoms with Crippen LogP contribution < -0.4 is 24.8 Å². The first-order chi connectivity index (χ1) is 20.8. The third-order valence-electron chi connectivity index (χ3n) is 10.1. The first kappa shape index (κ1) is 40.0. The Balaban J connectivity index is 0.000000311. The van der Waals surface area contributed by atoms with Gasteiger partial charge in [-0.3, -0.25) is 6.08 Å². The van der Waals surface area contributed by atoms with Gasteiger partial charge in [-0.05, 0) is 33.1 Å². The molecule has 1 saturated carbocycles. The summed E-state index contributed by atoms with van der Waals surface area (Å²) in [7, 11) is 0. The van der Waals surface area contributed by atoms with Gasteiger partial charge in [-0.1, -0.05) is 117 Å². The normalized spacial score (nSPS) is 20.5. The van der Waals surface area contributed by atoms with Crippen LogP contribution in [-0.2, 0) is 35.1 Å². The summed E-state index contributed by atoms with van der Waals surface area (Å²) >= 11 is 1.69. The predicted octanol–water partition coefficient (Wildman–Crippen LogP) is 6.77. The Kier molecular flexibility index (Phi) is 12.3. The molecule has 0 amide bonds. The van der Waals surface area contributed by atoms with Crippen LogP contribution in [-0.4, -0.2) is 3.21 Å². The Hall–Kier alpha value is -1.40. The van der Waals surface area contributed by atoms with E-state index in [2.05, 4.69) is 138 Å². The summed E-state index contributed by atoms with van der Waals surface area (Å²) in [5, 5.41) is 5.58. The number of halogens is 2. The molecule has 3 aromatic carbocycles. The fraction of sp³-hybridized carbons (Fsp3) is 0.500. The summed E-state index contributed by atoms with van der Waals surface area (Å²) in [6.45, 7) is 27.7. The van der Waals surface area contributed by atoms with Crippen LogP contribution in [0.1, 0.15) is 137 Å². The van der Waals surface area contributed by atoms with Gasteiger partial charge in [-0.2, -0.15) is 6.08 Å². The molecule has 1 fully saturated rings. The van der Waals surface area contributed by atoms with Gasteiger partial charge in [0.25, 0.3) is 0 Å². The minimum atomic E-state index is 0.